The van der Waals surface area contributed by atoms with Gasteiger partial charge in [0.15, 0.2) is 38.2 Å². The Bertz CT molecular complexity index is 2160. The molecule has 1 unspecified atom stereocenters. The molecule has 1 fully saturated rings. The van der Waals surface area contributed by atoms with Gasteiger partial charge in [0.2, 0.25) is 12.0 Å². The lowest BCUT2D eigenvalue weighted by atomic mass is 10.1. The van der Waals surface area contributed by atoms with Crippen LogP contribution in [0, 0.1) is 0 Å². The number of aromatic hydroxyl groups is 4. The summed E-state index contributed by atoms with van der Waals surface area (Å²) < 4.78 is 5.52. The monoisotopic (exact) mass is 789 g/mol. The number of benzene rings is 2. The number of aliphatic carboxylic acids is 1. The molecule has 52 heavy (non-hydrogen) atoms. The Labute approximate surface area is 307 Å². The van der Waals surface area contributed by atoms with E-state index in [0.29, 0.717) is 20.5 Å². The van der Waals surface area contributed by atoms with Crippen molar-refractivity contribution >= 4 is 81.0 Å². The molecule has 0 saturated carbocycles. The van der Waals surface area contributed by atoms with Crippen LogP contribution in [0.15, 0.2) is 62.7 Å². The fraction of sp³-hybridized carbons (Fsp3) is 0.172. The van der Waals surface area contributed by atoms with Crippen molar-refractivity contribution in [1.29, 1.82) is 0 Å². The Morgan fingerprint density at radius 1 is 1.06 bits per heavy atom. The third kappa shape index (κ3) is 7.46. The first-order valence-corrected chi connectivity index (χ1v) is 18.1. The average Bonchev–Trinajstić information content (AvgIpc) is 3.76. The van der Waals surface area contributed by atoms with Gasteiger partial charge < -0.3 is 51.3 Å². The van der Waals surface area contributed by atoms with Crippen LogP contribution in [0.3, 0.4) is 0 Å². The van der Waals surface area contributed by atoms with E-state index < -0.39 is 58.7 Å². The molecule has 2 aliphatic heterocycles. The molecule has 4 heterocycles. The van der Waals surface area contributed by atoms with Gasteiger partial charge in [0, 0.05) is 33.6 Å². The topological polar surface area (TPSA) is 300 Å². The van der Waals surface area contributed by atoms with Crippen LogP contribution in [-0.2, 0) is 24.0 Å². The van der Waals surface area contributed by atoms with Crippen LogP contribution in [0.5, 0.6) is 23.0 Å². The summed E-state index contributed by atoms with van der Waals surface area (Å²) in [6, 6.07) is 6.15. The van der Waals surface area contributed by atoms with Crippen molar-refractivity contribution in [3.63, 3.8) is 0 Å². The van der Waals surface area contributed by atoms with Crippen molar-refractivity contribution < 1.29 is 59.4 Å². The highest BCUT2D eigenvalue weighted by Crippen LogP contribution is 2.43. The van der Waals surface area contributed by atoms with E-state index in [4.69, 9.17) is 15.3 Å². The molecule has 270 valence electrons. The van der Waals surface area contributed by atoms with E-state index in [-0.39, 0.29) is 45.3 Å². The molecule has 2 aromatic heterocycles. The van der Waals surface area contributed by atoms with Gasteiger partial charge in [0.05, 0.1) is 0 Å². The van der Waals surface area contributed by atoms with E-state index in [2.05, 4.69) is 25.7 Å². The number of oxime groups is 1. The number of nitrogens with zero attached hydrogens (tertiary/aromatic N) is 5. The van der Waals surface area contributed by atoms with Crippen molar-refractivity contribution in [2.75, 3.05) is 17.2 Å². The van der Waals surface area contributed by atoms with E-state index in [1.807, 2.05) is 0 Å². The summed E-state index contributed by atoms with van der Waals surface area (Å²) in [5.74, 6) is -4.88. The first kappa shape index (κ1) is 36.0. The largest absolute Gasteiger partial charge is 0.512 e. The average molecular weight is 790 g/mol. The number of carboxylic acids is 1. The first-order chi connectivity index (χ1) is 24.8. The third-order valence-electron chi connectivity index (χ3n) is 7.22. The van der Waals surface area contributed by atoms with E-state index in [1.54, 1.807) is 6.07 Å². The number of phenols is 4. The smallest absolute Gasteiger partial charge is 0.504 e. The number of hydrogen-bond donors (Lipinski definition) is 8. The van der Waals surface area contributed by atoms with Gasteiger partial charge in [-0.25, -0.2) is 14.6 Å². The molecule has 23 heteroatoms. The third-order valence-corrected chi connectivity index (χ3v) is 11.4. The van der Waals surface area contributed by atoms with Crippen molar-refractivity contribution in [3.8, 4) is 33.6 Å². The van der Waals surface area contributed by atoms with Crippen LogP contribution in [-0.4, -0.2) is 103 Å². The number of carboxylic acid groups (broad SMARTS) is 2. The molecule has 2 aromatic carbocycles. The molecule has 19 nitrogen and oxygen atoms in total. The number of hydrogen-bond acceptors (Lipinski definition) is 19. The van der Waals surface area contributed by atoms with Crippen molar-refractivity contribution in [1.82, 2.24) is 25.4 Å². The summed E-state index contributed by atoms with van der Waals surface area (Å²) in [5, 5.41) is 73.5. The lowest BCUT2D eigenvalue weighted by molar-refractivity contribution is -0.151. The summed E-state index contributed by atoms with van der Waals surface area (Å²) in [4.78, 5) is 60.9. The number of ether oxygens (including phenoxy) is 1. The molecule has 2 aliphatic rings. The fourth-order valence-corrected chi connectivity index (χ4v) is 8.61. The Morgan fingerprint density at radius 3 is 2.44 bits per heavy atom. The lowest BCUT2D eigenvalue weighted by Gasteiger charge is -2.49. The van der Waals surface area contributed by atoms with Gasteiger partial charge in [-0.1, -0.05) is 34.3 Å². The van der Waals surface area contributed by atoms with Gasteiger partial charge in [-0.3, -0.25) is 14.5 Å². The van der Waals surface area contributed by atoms with Gasteiger partial charge >= 0.3 is 12.1 Å². The number of rotatable bonds is 12. The predicted molar refractivity (Wildman–Crippen MR) is 185 cm³/mol. The minimum absolute atomic E-state index is 0.0397. The van der Waals surface area contributed by atoms with Crippen molar-refractivity contribution in [2.45, 2.75) is 21.9 Å². The molecule has 0 bridgehead atoms. The van der Waals surface area contributed by atoms with Crippen molar-refractivity contribution in [3.05, 3.63) is 64.5 Å². The van der Waals surface area contributed by atoms with Gasteiger partial charge in [0.1, 0.15) is 22.1 Å². The number of anilines is 1. The van der Waals surface area contributed by atoms with E-state index in [9.17, 15) is 49.8 Å². The van der Waals surface area contributed by atoms with Crippen molar-refractivity contribution in [2.24, 2.45) is 5.16 Å². The molecule has 6 rings (SSSR count). The SMILES string of the molecule is Nc1nc(C(=NOC(C(=O)O)c2ccc(O)c(O)c2)C(=O)N[C@@H]2C(=O)N3C(OC(=O)O)=C(CSc4nnc(-c5ccc(O)c(O)c5)s4)CS[C@@H]23)cs1. The first-order valence-electron chi connectivity index (χ1n) is 14.4. The quantitative estimate of drug-likeness (QED) is 0.0255. The summed E-state index contributed by atoms with van der Waals surface area (Å²) in [5.41, 5.74) is 5.93. The minimum Gasteiger partial charge on any atom is -0.504 e. The number of carbonyl (C=O) groups is 4. The number of fused-ring (bicyclic) bond motifs is 1. The fourth-order valence-electron chi connectivity index (χ4n) is 4.77. The van der Waals surface area contributed by atoms with E-state index in [0.717, 1.165) is 34.4 Å². The summed E-state index contributed by atoms with van der Waals surface area (Å²) in [7, 11) is 0. The summed E-state index contributed by atoms with van der Waals surface area (Å²) in [6.45, 7) is 0. The second-order valence-electron chi connectivity index (χ2n) is 10.6. The maximum atomic E-state index is 13.5. The maximum Gasteiger partial charge on any atom is 0.512 e. The molecule has 0 spiro atoms. The minimum atomic E-state index is -1.84. The summed E-state index contributed by atoms with van der Waals surface area (Å²) >= 11 is 4.54. The summed E-state index contributed by atoms with van der Waals surface area (Å²) in [6.07, 6.45) is -3.51. The highest BCUT2D eigenvalue weighted by Gasteiger charge is 2.54. The Morgan fingerprint density at radius 2 is 1.79 bits per heavy atom. The Kier molecular flexibility index (Phi) is 10.3. The zero-order valence-corrected chi connectivity index (χ0v) is 29.0. The van der Waals surface area contributed by atoms with Crippen LogP contribution in [0.4, 0.5) is 9.93 Å². The number of β-lactam (4-membered cyclic amide) rings is 1. The number of amides is 2. The number of nitrogens with two attached hydrogens (primary N) is 1. The molecule has 3 atom stereocenters. The van der Waals surface area contributed by atoms with Gasteiger partial charge in [-0.15, -0.1) is 33.3 Å². The van der Waals surface area contributed by atoms with Crippen LogP contribution in [0.2, 0.25) is 0 Å². The normalized spacial score (nSPS) is 17.6. The molecule has 4 aromatic rings. The van der Waals surface area contributed by atoms with E-state index in [1.165, 1.54) is 52.4 Å². The lowest BCUT2D eigenvalue weighted by Crippen LogP contribution is -2.70. The predicted octanol–water partition coefficient (Wildman–Crippen LogP) is 2.71. The van der Waals surface area contributed by atoms with Gasteiger partial charge in [0.25, 0.3) is 11.8 Å². The second kappa shape index (κ2) is 14.8. The Hall–Kier alpha value is -5.78. The van der Waals surface area contributed by atoms with Gasteiger partial charge in [-0.2, -0.15) is 0 Å². The highest BCUT2D eigenvalue weighted by atomic mass is 32.2. The molecule has 1 saturated heterocycles. The highest BCUT2D eigenvalue weighted by molar-refractivity contribution is 8.01. The van der Waals surface area contributed by atoms with Crippen LogP contribution >= 0.6 is 46.2 Å². The number of aromatic nitrogens is 3. The van der Waals surface area contributed by atoms with Crippen LogP contribution in [0.1, 0.15) is 17.4 Å². The number of nitrogen functional groups attached to an aromatic ring is 1. The molecule has 0 aliphatic carbocycles. The molecule has 2 amide bonds. The van der Waals surface area contributed by atoms with Gasteiger partial charge in [-0.05, 0) is 30.3 Å². The number of phenolic OH excluding ortho intramolecular Hbond substituents is 4. The molecular weight excluding hydrogens is 767 g/mol. The number of thiazole rings is 1. The number of carbonyl (C=O) groups excluding carboxylic acids is 2. The van der Waals surface area contributed by atoms with Crippen LogP contribution in [0.25, 0.3) is 10.6 Å². The van der Waals surface area contributed by atoms with Crippen LogP contribution < -0.4 is 11.1 Å². The zero-order valence-electron chi connectivity index (χ0n) is 25.8. The maximum absolute atomic E-state index is 13.5. The molecular formula is C29H23N7O12S4. The number of nitrogens with one attached hydrogen (secondary N) is 1. The Balaban J connectivity index is 1.18. The number of thioether (sulfide) groups is 2. The molecule has 0 radical (unpaired) electrons. The second-order valence-corrected chi connectivity index (χ2v) is 14.8. The standard InChI is InChI=1S/C29H23N7O12S4/c30-27-31-13(9-50-27)18(35-48-20(26(43)44)10-1-3-14(37)16(39)5-10)21(41)32-19-23(42)36-24(47-29(45)46)12(7-49-25(19)36)8-51-28-34-33-22(52-28)11-2-4-15(38)17(40)6-11/h1-6,9,19-20,25,37-40H,7-8H2,(H2,30,31)(H,32,41)(H,43,44)(H,45,46)/t19-,20?,25+/m1/s1. The zero-order chi connectivity index (χ0) is 37.3. The molecule has 9 N–H and O–H groups in total. The van der Waals surface area contributed by atoms with E-state index >= 15 is 0 Å².